The molecule has 0 atom stereocenters. The SMILES string of the molecule is N=C(N)c1ccccc1COB1OCCO1. The van der Waals surface area contributed by atoms with Crippen LogP contribution >= 0.6 is 0 Å². The van der Waals surface area contributed by atoms with E-state index < -0.39 is 7.32 Å². The number of benzene rings is 1. The van der Waals surface area contributed by atoms with Gasteiger partial charge in [0.15, 0.2) is 0 Å². The lowest BCUT2D eigenvalue weighted by atomic mass is 10.1. The molecule has 0 spiro atoms. The number of hydrogen-bond donors (Lipinski definition) is 2. The summed E-state index contributed by atoms with van der Waals surface area (Å²) in [4.78, 5) is 0. The molecule has 1 heterocycles. The molecule has 0 unspecified atom stereocenters. The summed E-state index contributed by atoms with van der Waals surface area (Å²) in [7, 11) is -0.597. The molecule has 0 amide bonds. The van der Waals surface area contributed by atoms with Crippen LogP contribution in [0.5, 0.6) is 0 Å². The zero-order valence-corrected chi connectivity index (χ0v) is 8.81. The molecule has 0 radical (unpaired) electrons. The first-order chi connectivity index (χ1) is 7.77. The predicted octanol–water partition coefficient (Wildman–Crippen LogP) is 0.519. The van der Waals surface area contributed by atoms with Gasteiger partial charge in [-0.25, -0.2) is 0 Å². The highest BCUT2D eigenvalue weighted by Crippen LogP contribution is 2.11. The summed E-state index contributed by atoms with van der Waals surface area (Å²) in [5.41, 5.74) is 7.00. The minimum Gasteiger partial charge on any atom is -0.384 e. The smallest absolute Gasteiger partial charge is 0.384 e. The summed E-state index contributed by atoms with van der Waals surface area (Å²) in [6, 6.07) is 7.37. The topological polar surface area (TPSA) is 77.6 Å². The molecular formula is C10H13BN2O3. The number of hydrogen-bond acceptors (Lipinski definition) is 4. The van der Waals surface area contributed by atoms with Crippen LogP contribution in [0.4, 0.5) is 0 Å². The van der Waals surface area contributed by atoms with Crippen molar-refractivity contribution in [3.63, 3.8) is 0 Å². The first kappa shape index (κ1) is 11.1. The molecule has 0 bridgehead atoms. The second-order valence-corrected chi connectivity index (χ2v) is 3.41. The number of nitrogens with one attached hydrogen (secondary N) is 1. The molecule has 1 aromatic carbocycles. The lowest BCUT2D eigenvalue weighted by Crippen LogP contribution is -2.21. The summed E-state index contributed by atoms with van der Waals surface area (Å²) in [6.45, 7) is 1.43. The van der Waals surface area contributed by atoms with Gasteiger partial charge in [0.05, 0.1) is 19.8 Å². The largest absolute Gasteiger partial charge is 0.639 e. The van der Waals surface area contributed by atoms with E-state index in [1.54, 1.807) is 6.07 Å². The molecule has 3 N–H and O–H groups in total. The molecule has 84 valence electrons. The van der Waals surface area contributed by atoms with Crippen LogP contribution in [0.15, 0.2) is 24.3 Å². The Kier molecular flexibility index (Phi) is 3.56. The van der Waals surface area contributed by atoms with Crippen molar-refractivity contribution < 1.29 is 14.0 Å². The predicted molar refractivity (Wildman–Crippen MR) is 59.9 cm³/mol. The third-order valence-electron chi connectivity index (χ3n) is 2.27. The monoisotopic (exact) mass is 220 g/mol. The Bertz CT molecular complexity index is 380. The maximum absolute atomic E-state index is 7.42. The zero-order valence-electron chi connectivity index (χ0n) is 8.81. The van der Waals surface area contributed by atoms with E-state index in [9.17, 15) is 0 Å². The van der Waals surface area contributed by atoms with Gasteiger partial charge < -0.3 is 19.7 Å². The van der Waals surface area contributed by atoms with Gasteiger partial charge in [0.1, 0.15) is 5.84 Å². The van der Waals surface area contributed by atoms with E-state index in [1.807, 2.05) is 18.2 Å². The summed E-state index contributed by atoms with van der Waals surface area (Å²) >= 11 is 0. The fourth-order valence-electron chi connectivity index (χ4n) is 1.50. The quantitative estimate of drug-likeness (QED) is 0.440. The van der Waals surface area contributed by atoms with Crippen molar-refractivity contribution in [3.05, 3.63) is 35.4 Å². The van der Waals surface area contributed by atoms with Gasteiger partial charge in [-0.3, -0.25) is 5.41 Å². The Morgan fingerprint density at radius 3 is 2.75 bits per heavy atom. The van der Waals surface area contributed by atoms with Gasteiger partial charge in [-0.2, -0.15) is 0 Å². The van der Waals surface area contributed by atoms with Gasteiger partial charge in [-0.15, -0.1) is 0 Å². The highest BCUT2D eigenvalue weighted by Gasteiger charge is 2.26. The standard InChI is InChI=1S/C10H13BN2O3/c12-10(13)9-4-2-1-3-8(9)7-16-11-14-5-6-15-11/h1-4H,5-7H2,(H3,12,13). The molecule has 1 aliphatic rings. The highest BCUT2D eigenvalue weighted by atomic mass is 16.8. The lowest BCUT2D eigenvalue weighted by molar-refractivity contribution is 0.170. The molecule has 2 rings (SSSR count). The Hall–Kier alpha value is -1.37. The van der Waals surface area contributed by atoms with Crippen LogP contribution in [0.3, 0.4) is 0 Å². The number of nitrogens with two attached hydrogens (primary N) is 1. The van der Waals surface area contributed by atoms with Crippen LogP contribution in [0, 0.1) is 5.41 Å². The molecule has 1 aromatic rings. The van der Waals surface area contributed by atoms with Crippen LogP contribution in [-0.4, -0.2) is 26.4 Å². The Morgan fingerprint density at radius 1 is 1.38 bits per heavy atom. The summed E-state index contributed by atoms with van der Waals surface area (Å²) < 4.78 is 15.7. The third-order valence-corrected chi connectivity index (χ3v) is 2.27. The second kappa shape index (κ2) is 5.11. The number of rotatable bonds is 4. The normalized spacial score (nSPS) is 15.4. The average molecular weight is 220 g/mol. The van der Waals surface area contributed by atoms with Crippen LogP contribution in [-0.2, 0) is 20.6 Å². The third kappa shape index (κ3) is 2.60. The van der Waals surface area contributed by atoms with Crippen molar-refractivity contribution in [3.8, 4) is 0 Å². The van der Waals surface area contributed by atoms with E-state index in [-0.39, 0.29) is 5.84 Å². The molecule has 6 heteroatoms. The first-order valence-corrected chi connectivity index (χ1v) is 5.04. The van der Waals surface area contributed by atoms with E-state index in [0.29, 0.717) is 25.4 Å². The Balaban J connectivity index is 2.00. The van der Waals surface area contributed by atoms with Gasteiger partial charge in [0.25, 0.3) is 0 Å². The number of amidine groups is 1. The van der Waals surface area contributed by atoms with Gasteiger partial charge in [0, 0.05) is 5.56 Å². The molecule has 1 fully saturated rings. The molecule has 0 aliphatic carbocycles. The van der Waals surface area contributed by atoms with E-state index in [2.05, 4.69) is 0 Å². The molecule has 5 nitrogen and oxygen atoms in total. The molecule has 16 heavy (non-hydrogen) atoms. The van der Waals surface area contributed by atoms with E-state index >= 15 is 0 Å². The Labute approximate surface area is 94.2 Å². The van der Waals surface area contributed by atoms with Crippen molar-refractivity contribution in [2.75, 3.05) is 13.2 Å². The van der Waals surface area contributed by atoms with Crippen LogP contribution in [0.1, 0.15) is 11.1 Å². The lowest BCUT2D eigenvalue weighted by Gasteiger charge is -2.09. The molecule has 1 aliphatic heterocycles. The van der Waals surface area contributed by atoms with E-state index in [4.69, 9.17) is 25.1 Å². The average Bonchev–Trinajstić information content (AvgIpc) is 2.79. The summed E-state index contributed by atoms with van der Waals surface area (Å²) in [5.74, 6) is 0.0347. The maximum Gasteiger partial charge on any atom is 0.639 e. The summed E-state index contributed by atoms with van der Waals surface area (Å²) in [5, 5.41) is 7.42. The fourth-order valence-corrected chi connectivity index (χ4v) is 1.50. The highest BCUT2D eigenvalue weighted by molar-refractivity contribution is 6.36. The fraction of sp³-hybridized carbons (Fsp3) is 0.300. The second-order valence-electron chi connectivity index (χ2n) is 3.41. The number of nitrogen functional groups attached to an aromatic ring is 1. The minimum absolute atomic E-state index is 0.0347. The van der Waals surface area contributed by atoms with Crippen LogP contribution in [0.2, 0.25) is 0 Å². The van der Waals surface area contributed by atoms with E-state index in [1.165, 1.54) is 0 Å². The zero-order chi connectivity index (χ0) is 11.4. The molecule has 0 saturated carbocycles. The van der Waals surface area contributed by atoms with Crippen molar-refractivity contribution in [1.29, 1.82) is 5.41 Å². The summed E-state index contributed by atoms with van der Waals surface area (Å²) in [6.07, 6.45) is 0. The van der Waals surface area contributed by atoms with Gasteiger partial charge in [0.2, 0.25) is 0 Å². The Morgan fingerprint density at radius 2 is 2.06 bits per heavy atom. The first-order valence-electron chi connectivity index (χ1n) is 5.04. The van der Waals surface area contributed by atoms with E-state index in [0.717, 1.165) is 5.56 Å². The molecule has 0 aromatic heterocycles. The van der Waals surface area contributed by atoms with Crippen molar-refractivity contribution in [2.45, 2.75) is 6.61 Å². The van der Waals surface area contributed by atoms with Crippen LogP contribution in [0.25, 0.3) is 0 Å². The van der Waals surface area contributed by atoms with Crippen LogP contribution < -0.4 is 5.73 Å². The maximum atomic E-state index is 7.42. The van der Waals surface area contributed by atoms with Crippen molar-refractivity contribution in [1.82, 2.24) is 0 Å². The van der Waals surface area contributed by atoms with Gasteiger partial charge >= 0.3 is 7.32 Å². The minimum atomic E-state index is -0.597. The molecular weight excluding hydrogens is 207 g/mol. The van der Waals surface area contributed by atoms with Crippen molar-refractivity contribution in [2.24, 2.45) is 5.73 Å². The van der Waals surface area contributed by atoms with Gasteiger partial charge in [-0.1, -0.05) is 24.3 Å². The van der Waals surface area contributed by atoms with Gasteiger partial charge in [-0.05, 0) is 5.56 Å². The van der Waals surface area contributed by atoms with Crippen molar-refractivity contribution >= 4 is 13.2 Å². The molecule has 1 saturated heterocycles.